The largest absolute Gasteiger partial charge is 0.497 e. The van der Waals surface area contributed by atoms with Gasteiger partial charge in [0, 0.05) is 36.6 Å². The Morgan fingerprint density at radius 1 is 0.682 bits per heavy atom. The van der Waals surface area contributed by atoms with Crippen LogP contribution < -0.4 is 19.3 Å². The summed E-state index contributed by atoms with van der Waals surface area (Å²) in [5.41, 5.74) is 5.60. The van der Waals surface area contributed by atoms with Crippen LogP contribution in [-0.2, 0) is 19.2 Å². The first-order valence-corrected chi connectivity index (χ1v) is 14.8. The number of anilines is 2. The predicted molar refractivity (Wildman–Crippen MR) is 162 cm³/mol. The van der Waals surface area contributed by atoms with E-state index in [-0.39, 0.29) is 48.3 Å². The van der Waals surface area contributed by atoms with Gasteiger partial charge in [-0.05, 0) is 58.7 Å². The second-order valence-corrected chi connectivity index (χ2v) is 11.8. The highest BCUT2D eigenvalue weighted by atomic mass is 16.5. The minimum Gasteiger partial charge on any atom is -0.497 e. The number of hydrogen-bond acceptors (Lipinski definition) is 6. The van der Waals surface area contributed by atoms with Crippen LogP contribution in [0.4, 0.5) is 11.4 Å². The smallest absolute Gasteiger partial charge is 0.316 e. The number of carbonyl (C=O) groups excluding carboxylic acids is 4. The monoisotopic (exact) mass is 584 g/mol. The predicted octanol–water partition coefficient (Wildman–Crippen LogP) is 5.05. The Kier molecular flexibility index (Phi) is 5.94. The Labute approximate surface area is 253 Å². The van der Waals surface area contributed by atoms with E-state index in [1.54, 1.807) is 60.5 Å². The first kappa shape index (κ1) is 26.4. The SMILES string of the molecule is COc1cccc(N2C[C@H](C(=O)Oc3ccc(N4C(=O)[C@@H]5C6c7ccccc7C(c7ccccc76)[C@@H]5C4=O)cc3)CC2=O)c1. The number of imide groups is 1. The number of carbonyl (C=O) groups is 4. The number of esters is 1. The van der Waals surface area contributed by atoms with Crippen LogP contribution in [0, 0.1) is 17.8 Å². The molecule has 8 heteroatoms. The van der Waals surface area contributed by atoms with Gasteiger partial charge in [0.15, 0.2) is 0 Å². The molecule has 0 radical (unpaired) electrons. The van der Waals surface area contributed by atoms with Crippen LogP contribution in [0.1, 0.15) is 40.5 Å². The van der Waals surface area contributed by atoms with Crippen molar-refractivity contribution >= 4 is 35.1 Å². The molecule has 5 aliphatic rings. The molecule has 0 aromatic heterocycles. The van der Waals surface area contributed by atoms with Crippen molar-refractivity contribution in [1.29, 1.82) is 0 Å². The number of methoxy groups -OCH3 is 1. The van der Waals surface area contributed by atoms with Gasteiger partial charge in [0.2, 0.25) is 17.7 Å². The molecule has 0 unspecified atom stereocenters. The van der Waals surface area contributed by atoms with Crippen molar-refractivity contribution in [3.63, 3.8) is 0 Å². The molecule has 0 N–H and O–H groups in total. The highest BCUT2D eigenvalue weighted by Crippen LogP contribution is 2.61. The summed E-state index contributed by atoms with van der Waals surface area (Å²) < 4.78 is 10.9. The summed E-state index contributed by atoms with van der Waals surface area (Å²) in [5, 5.41) is 0. The zero-order chi connectivity index (χ0) is 30.1. The van der Waals surface area contributed by atoms with E-state index in [2.05, 4.69) is 24.3 Å². The quantitative estimate of drug-likeness (QED) is 0.185. The fraction of sp³-hybridized carbons (Fsp3) is 0.222. The van der Waals surface area contributed by atoms with Crippen molar-refractivity contribution in [2.24, 2.45) is 17.8 Å². The van der Waals surface area contributed by atoms with Gasteiger partial charge in [-0.15, -0.1) is 0 Å². The number of ether oxygens (including phenoxy) is 2. The van der Waals surface area contributed by atoms with Gasteiger partial charge >= 0.3 is 5.97 Å². The minimum absolute atomic E-state index is 0.0425. The van der Waals surface area contributed by atoms with Crippen molar-refractivity contribution in [2.75, 3.05) is 23.5 Å². The molecule has 2 bridgehead atoms. The topological polar surface area (TPSA) is 93.2 Å². The number of amides is 3. The second kappa shape index (κ2) is 9.91. The lowest BCUT2D eigenvalue weighted by Crippen LogP contribution is -2.41. The third kappa shape index (κ3) is 3.83. The minimum atomic E-state index is -0.628. The van der Waals surface area contributed by atoms with Crippen molar-refractivity contribution in [3.05, 3.63) is 119 Å². The molecule has 2 saturated heterocycles. The fourth-order valence-electron chi connectivity index (χ4n) is 7.69. The Balaban J connectivity index is 1.01. The van der Waals surface area contributed by atoms with Gasteiger partial charge in [-0.25, -0.2) is 4.90 Å². The summed E-state index contributed by atoms with van der Waals surface area (Å²) in [6.45, 7) is 0.204. The molecular weight excluding hydrogens is 556 g/mol. The van der Waals surface area contributed by atoms with E-state index in [9.17, 15) is 19.2 Å². The zero-order valence-electron chi connectivity index (χ0n) is 23.9. The van der Waals surface area contributed by atoms with E-state index < -0.39 is 23.7 Å². The maximum absolute atomic E-state index is 14.0. The van der Waals surface area contributed by atoms with E-state index in [4.69, 9.17) is 9.47 Å². The number of rotatable bonds is 5. The van der Waals surface area contributed by atoms with Crippen LogP contribution in [0.15, 0.2) is 97.1 Å². The van der Waals surface area contributed by atoms with Crippen LogP contribution >= 0.6 is 0 Å². The van der Waals surface area contributed by atoms with Crippen LogP contribution in [0.25, 0.3) is 0 Å². The first-order chi connectivity index (χ1) is 21.4. The van der Waals surface area contributed by atoms with Gasteiger partial charge < -0.3 is 14.4 Å². The molecule has 218 valence electrons. The fourth-order valence-corrected chi connectivity index (χ4v) is 7.69. The van der Waals surface area contributed by atoms with E-state index >= 15 is 0 Å². The molecule has 8 nitrogen and oxygen atoms in total. The van der Waals surface area contributed by atoms with Gasteiger partial charge in [-0.2, -0.15) is 0 Å². The van der Waals surface area contributed by atoms with Crippen LogP contribution in [-0.4, -0.2) is 37.3 Å². The maximum Gasteiger partial charge on any atom is 0.316 e. The van der Waals surface area contributed by atoms with Crippen LogP contribution in [0.3, 0.4) is 0 Å². The Bertz CT molecular complexity index is 1750. The highest BCUT2D eigenvalue weighted by Gasteiger charge is 2.61. The molecule has 3 aliphatic carbocycles. The molecular formula is C36H28N2O6. The highest BCUT2D eigenvalue weighted by molar-refractivity contribution is 6.23. The molecule has 0 spiro atoms. The van der Waals surface area contributed by atoms with Gasteiger partial charge in [-0.3, -0.25) is 19.2 Å². The van der Waals surface area contributed by atoms with Crippen LogP contribution in [0.2, 0.25) is 0 Å². The number of nitrogens with zero attached hydrogens (tertiary/aromatic N) is 2. The van der Waals surface area contributed by atoms with Crippen molar-refractivity contribution in [2.45, 2.75) is 18.3 Å². The summed E-state index contributed by atoms with van der Waals surface area (Å²) >= 11 is 0. The summed E-state index contributed by atoms with van der Waals surface area (Å²) in [4.78, 5) is 56.6. The Morgan fingerprint density at radius 2 is 1.25 bits per heavy atom. The lowest BCUT2D eigenvalue weighted by molar-refractivity contribution is -0.139. The number of hydrogen-bond donors (Lipinski definition) is 0. The van der Waals surface area contributed by atoms with Crippen LogP contribution in [0.5, 0.6) is 11.5 Å². The molecule has 2 heterocycles. The zero-order valence-corrected chi connectivity index (χ0v) is 23.9. The van der Waals surface area contributed by atoms with Crippen molar-refractivity contribution in [1.82, 2.24) is 0 Å². The van der Waals surface area contributed by atoms with Gasteiger partial charge in [-0.1, -0.05) is 54.6 Å². The van der Waals surface area contributed by atoms with E-state index in [0.717, 1.165) is 22.3 Å². The molecule has 9 rings (SSSR count). The normalized spacial score (nSPS) is 24.7. The third-order valence-electron chi connectivity index (χ3n) is 9.59. The standard InChI is InChI=1S/C36H28N2O6/c1-43-24-8-6-7-22(18-24)37-19-20(17-29(37)39)36(42)44-23-15-13-21(14-16-23)38-34(40)32-30-25-9-2-3-10-26(25)31(33(32)35(38)41)28-12-5-4-11-27(28)30/h2-16,18,20,30-33H,17,19H2,1H3/t20-,30?,31?,32-,33+/m1/s1. The summed E-state index contributed by atoms with van der Waals surface area (Å²) in [5.74, 6) is -2.10. The van der Waals surface area contributed by atoms with Gasteiger partial charge in [0.1, 0.15) is 11.5 Å². The maximum atomic E-state index is 14.0. The molecule has 44 heavy (non-hydrogen) atoms. The van der Waals surface area contributed by atoms with Crippen molar-refractivity contribution < 1.29 is 28.7 Å². The molecule has 2 fully saturated rings. The van der Waals surface area contributed by atoms with E-state index in [0.29, 0.717) is 17.1 Å². The molecule has 3 amide bonds. The van der Waals surface area contributed by atoms with Gasteiger partial charge in [0.25, 0.3) is 0 Å². The molecule has 4 aromatic rings. The lowest BCUT2D eigenvalue weighted by atomic mass is 9.55. The second-order valence-electron chi connectivity index (χ2n) is 11.8. The van der Waals surface area contributed by atoms with Crippen molar-refractivity contribution in [3.8, 4) is 11.5 Å². The lowest BCUT2D eigenvalue weighted by Gasteiger charge is -2.45. The Morgan fingerprint density at radius 3 is 1.80 bits per heavy atom. The average molecular weight is 585 g/mol. The third-order valence-corrected chi connectivity index (χ3v) is 9.59. The summed E-state index contributed by atoms with van der Waals surface area (Å²) in [6.07, 6.45) is 0.0425. The van der Waals surface area contributed by atoms with E-state index in [1.165, 1.54) is 4.90 Å². The Hall–Kier alpha value is -5.24. The molecule has 3 atom stereocenters. The molecule has 4 aromatic carbocycles. The van der Waals surface area contributed by atoms with E-state index in [1.807, 2.05) is 24.3 Å². The summed E-state index contributed by atoms with van der Waals surface area (Å²) in [6, 6.07) is 29.9. The first-order valence-electron chi connectivity index (χ1n) is 14.8. The average Bonchev–Trinajstić information content (AvgIpc) is 3.58. The summed E-state index contributed by atoms with van der Waals surface area (Å²) in [7, 11) is 1.56. The van der Waals surface area contributed by atoms with Gasteiger partial charge in [0.05, 0.1) is 30.6 Å². The molecule has 2 aliphatic heterocycles. The number of benzene rings is 4. The molecule has 0 saturated carbocycles.